The van der Waals surface area contributed by atoms with Crippen molar-refractivity contribution in [1.29, 1.82) is 0 Å². The van der Waals surface area contributed by atoms with Crippen molar-refractivity contribution in [1.82, 2.24) is 10.6 Å². The second-order valence-electron chi connectivity index (χ2n) is 7.71. The zero-order valence-electron chi connectivity index (χ0n) is 17.1. The van der Waals surface area contributed by atoms with Crippen LogP contribution in [0.3, 0.4) is 0 Å². The fourth-order valence-corrected chi connectivity index (χ4v) is 5.15. The van der Waals surface area contributed by atoms with Crippen molar-refractivity contribution >= 4 is 41.3 Å². The van der Waals surface area contributed by atoms with Crippen LogP contribution < -0.4 is 10.6 Å². The molecule has 0 spiro atoms. The molecule has 2 heterocycles. The third kappa shape index (κ3) is 7.15. The summed E-state index contributed by atoms with van der Waals surface area (Å²) in [6.45, 7) is 4.32. The summed E-state index contributed by atoms with van der Waals surface area (Å²) < 4.78 is 11.3. The average Bonchev–Trinajstić information content (AvgIpc) is 3.27. The first-order valence-electron chi connectivity index (χ1n) is 10.5. The Hall–Kier alpha value is -0.380. The summed E-state index contributed by atoms with van der Waals surface area (Å²) in [7, 11) is 1.85. The van der Waals surface area contributed by atoms with Gasteiger partial charge in [0, 0.05) is 50.2 Å². The molecule has 1 saturated carbocycles. The van der Waals surface area contributed by atoms with Crippen molar-refractivity contribution < 1.29 is 9.47 Å². The lowest BCUT2D eigenvalue weighted by molar-refractivity contribution is -0.0320. The highest BCUT2D eigenvalue weighted by Gasteiger charge is 2.34. The van der Waals surface area contributed by atoms with E-state index in [9.17, 15) is 0 Å². The van der Waals surface area contributed by atoms with Crippen molar-refractivity contribution in [2.24, 2.45) is 4.99 Å². The van der Waals surface area contributed by atoms with Crippen LogP contribution in [0.5, 0.6) is 0 Å². The van der Waals surface area contributed by atoms with E-state index in [-0.39, 0.29) is 29.4 Å². The van der Waals surface area contributed by atoms with Crippen LogP contribution >= 0.6 is 35.3 Å². The Bertz CT molecular complexity index is 556. The first-order valence-corrected chi connectivity index (χ1v) is 11.4. The molecule has 28 heavy (non-hydrogen) atoms. The monoisotopic (exact) mass is 521 g/mol. The molecule has 1 aliphatic carbocycles. The van der Waals surface area contributed by atoms with Crippen molar-refractivity contribution in [3.05, 3.63) is 22.4 Å². The number of nitrogens with one attached hydrogen (secondary N) is 2. The molecule has 3 rings (SSSR count). The number of halogens is 1. The van der Waals surface area contributed by atoms with Crippen LogP contribution in [0.2, 0.25) is 0 Å². The Labute approximate surface area is 191 Å². The molecule has 0 aromatic carbocycles. The summed E-state index contributed by atoms with van der Waals surface area (Å²) >= 11 is 1.90. The molecule has 1 saturated heterocycles. The largest absolute Gasteiger partial charge is 0.381 e. The highest BCUT2D eigenvalue weighted by Crippen LogP contribution is 2.41. The van der Waals surface area contributed by atoms with Crippen LogP contribution in [0.1, 0.15) is 56.2 Å². The zero-order chi connectivity index (χ0) is 18.8. The number of guanidine groups is 1. The second-order valence-corrected chi connectivity index (χ2v) is 8.65. The molecular weight excluding hydrogens is 485 g/mol. The summed E-state index contributed by atoms with van der Waals surface area (Å²) in [5.41, 5.74) is 0.274. The molecule has 0 atom stereocenters. The van der Waals surface area contributed by atoms with E-state index in [4.69, 9.17) is 9.47 Å². The van der Waals surface area contributed by atoms with Crippen LogP contribution in [0.15, 0.2) is 22.5 Å². The van der Waals surface area contributed by atoms with E-state index in [2.05, 4.69) is 33.1 Å². The van der Waals surface area contributed by atoms with Gasteiger partial charge in [-0.15, -0.1) is 35.3 Å². The van der Waals surface area contributed by atoms with E-state index < -0.39 is 0 Å². The first kappa shape index (κ1) is 23.9. The van der Waals surface area contributed by atoms with Crippen molar-refractivity contribution in [3.8, 4) is 0 Å². The van der Waals surface area contributed by atoms with E-state index in [1.165, 1.54) is 37.0 Å². The summed E-state index contributed by atoms with van der Waals surface area (Å²) in [4.78, 5) is 5.94. The topological polar surface area (TPSA) is 54.9 Å². The van der Waals surface area contributed by atoms with Gasteiger partial charge >= 0.3 is 0 Å². The summed E-state index contributed by atoms with van der Waals surface area (Å²) in [5, 5.41) is 9.25. The second kappa shape index (κ2) is 13.0. The normalized spacial score (nSPS) is 20.4. The lowest BCUT2D eigenvalue weighted by atomic mass is 9.73. The average molecular weight is 522 g/mol. The maximum absolute atomic E-state index is 5.94. The van der Waals surface area contributed by atoms with Gasteiger partial charge in [0.05, 0.1) is 6.10 Å². The Morgan fingerprint density at radius 2 is 2.04 bits per heavy atom. The van der Waals surface area contributed by atoms with Gasteiger partial charge in [-0.3, -0.25) is 4.99 Å². The van der Waals surface area contributed by atoms with Gasteiger partial charge in [-0.25, -0.2) is 0 Å². The third-order valence-corrected chi connectivity index (χ3v) is 6.92. The number of nitrogens with zero attached hydrogens (tertiary/aromatic N) is 1. The lowest BCUT2D eigenvalue weighted by Crippen LogP contribution is -2.46. The highest BCUT2D eigenvalue weighted by atomic mass is 127. The summed E-state index contributed by atoms with van der Waals surface area (Å²) in [6, 6.07) is 4.49. The quantitative estimate of drug-likeness (QED) is 0.232. The van der Waals surface area contributed by atoms with Gasteiger partial charge in [-0.1, -0.05) is 25.3 Å². The van der Waals surface area contributed by atoms with Gasteiger partial charge in [-0.2, -0.15) is 0 Å². The van der Waals surface area contributed by atoms with Crippen LogP contribution in [0.4, 0.5) is 0 Å². The van der Waals surface area contributed by atoms with Gasteiger partial charge in [0.15, 0.2) is 5.96 Å². The van der Waals surface area contributed by atoms with E-state index >= 15 is 0 Å². The molecule has 2 N–H and O–H groups in total. The zero-order valence-corrected chi connectivity index (χ0v) is 20.2. The van der Waals surface area contributed by atoms with E-state index in [0.29, 0.717) is 6.10 Å². The molecule has 1 aliphatic heterocycles. The Morgan fingerprint density at radius 1 is 1.25 bits per heavy atom. The minimum Gasteiger partial charge on any atom is -0.381 e. The van der Waals surface area contributed by atoms with E-state index in [1.807, 2.05) is 18.4 Å². The smallest absolute Gasteiger partial charge is 0.191 e. The lowest BCUT2D eigenvalue weighted by Gasteiger charge is -2.37. The molecule has 2 fully saturated rings. The molecule has 160 valence electrons. The number of hydrogen-bond donors (Lipinski definition) is 2. The molecule has 0 bridgehead atoms. The number of aliphatic imine (C=N–C) groups is 1. The number of rotatable bonds is 8. The molecule has 1 aromatic rings. The number of hydrogen-bond acceptors (Lipinski definition) is 4. The predicted molar refractivity (Wildman–Crippen MR) is 128 cm³/mol. The van der Waals surface area contributed by atoms with Gasteiger partial charge < -0.3 is 20.1 Å². The molecule has 2 aliphatic rings. The van der Waals surface area contributed by atoms with E-state index in [0.717, 1.165) is 58.1 Å². The van der Waals surface area contributed by atoms with Crippen LogP contribution in [-0.4, -0.2) is 52.0 Å². The molecule has 0 amide bonds. The Morgan fingerprint density at radius 3 is 2.71 bits per heavy atom. The molecule has 0 unspecified atom stereocenters. The fourth-order valence-electron chi connectivity index (χ4n) is 4.16. The Kier molecular flexibility index (Phi) is 11.1. The van der Waals surface area contributed by atoms with Crippen molar-refractivity contribution in [3.63, 3.8) is 0 Å². The standard InChI is InChI=1S/C21H35N3O2S.HI/c1-22-20(23-12-6-13-26-18-8-14-25-15-9-18)24-17-21(10-3-2-4-11-21)19-7-5-16-27-19;/h5,7,16,18H,2-4,6,8-15,17H2,1H3,(H2,22,23,24);1H. The Balaban J connectivity index is 0.00000280. The van der Waals surface area contributed by atoms with Gasteiger partial charge in [0.25, 0.3) is 0 Å². The van der Waals surface area contributed by atoms with Crippen LogP contribution in [-0.2, 0) is 14.9 Å². The fraction of sp³-hybridized carbons (Fsp3) is 0.762. The van der Waals surface area contributed by atoms with Gasteiger partial charge in [-0.05, 0) is 43.6 Å². The highest BCUT2D eigenvalue weighted by molar-refractivity contribution is 14.0. The SMILES string of the molecule is CN=C(NCCCOC1CCOCC1)NCC1(c2cccs2)CCCCC1.I. The predicted octanol–water partition coefficient (Wildman–Crippen LogP) is 4.32. The van der Waals surface area contributed by atoms with Crippen molar-refractivity contribution in [2.45, 2.75) is 62.9 Å². The van der Waals surface area contributed by atoms with Gasteiger partial charge in [0.2, 0.25) is 0 Å². The van der Waals surface area contributed by atoms with Crippen LogP contribution in [0, 0.1) is 0 Å². The third-order valence-electron chi connectivity index (χ3n) is 5.81. The number of thiophene rings is 1. The first-order chi connectivity index (χ1) is 13.3. The maximum atomic E-state index is 5.94. The summed E-state index contributed by atoms with van der Waals surface area (Å²) in [6.07, 6.45) is 10.0. The van der Waals surface area contributed by atoms with Crippen LogP contribution in [0.25, 0.3) is 0 Å². The molecule has 1 aromatic heterocycles. The minimum atomic E-state index is 0. The molecular formula is C21H36IN3O2S. The van der Waals surface area contributed by atoms with Crippen molar-refractivity contribution in [2.75, 3.05) is 40.0 Å². The van der Waals surface area contributed by atoms with Gasteiger partial charge in [0.1, 0.15) is 0 Å². The molecule has 5 nitrogen and oxygen atoms in total. The van der Waals surface area contributed by atoms with E-state index in [1.54, 1.807) is 0 Å². The molecule has 0 radical (unpaired) electrons. The minimum absolute atomic E-state index is 0. The number of ether oxygens (including phenoxy) is 2. The molecule has 7 heteroatoms. The maximum Gasteiger partial charge on any atom is 0.191 e. The summed E-state index contributed by atoms with van der Waals surface area (Å²) in [5.74, 6) is 0.905.